The van der Waals surface area contributed by atoms with Gasteiger partial charge in [0.2, 0.25) is 15.9 Å². The van der Waals surface area contributed by atoms with E-state index in [2.05, 4.69) is 10.0 Å². The molecule has 0 aliphatic heterocycles. The fourth-order valence-electron chi connectivity index (χ4n) is 2.63. The van der Waals surface area contributed by atoms with Gasteiger partial charge in [0.15, 0.2) is 0 Å². The molecule has 1 aliphatic carbocycles. The van der Waals surface area contributed by atoms with E-state index in [4.69, 9.17) is 0 Å². The third-order valence-corrected chi connectivity index (χ3v) is 5.58. The van der Waals surface area contributed by atoms with E-state index in [0.717, 1.165) is 29.2 Å². The maximum atomic E-state index is 12.0. The number of fused-ring (bicyclic) bond motifs is 1. The summed E-state index contributed by atoms with van der Waals surface area (Å²) < 4.78 is 26.3. The van der Waals surface area contributed by atoms with Gasteiger partial charge in [-0.1, -0.05) is 24.3 Å². The molecule has 0 radical (unpaired) electrons. The highest BCUT2D eigenvalue weighted by Crippen LogP contribution is 2.28. The molecule has 2 N–H and O–H groups in total. The molecule has 3 rings (SSSR count). The molecule has 0 saturated heterocycles. The Morgan fingerprint density at radius 3 is 2.70 bits per heavy atom. The van der Waals surface area contributed by atoms with Crippen LogP contribution in [0.5, 0.6) is 0 Å². The van der Waals surface area contributed by atoms with Crippen LogP contribution >= 0.6 is 0 Å². The average molecular weight is 332 g/mol. The monoisotopic (exact) mass is 332 g/mol. The Bertz CT molecular complexity index is 842. The van der Waals surface area contributed by atoms with E-state index < -0.39 is 10.0 Å². The van der Waals surface area contributed by atoms with Gasteiger partial charge in [-0.15, -0.1) is 0 Å². The number of nitrogens with one attached hydrogen (secondary N) is 2. The Labute approximate surface area is 136 Å². The molecule has 23 heavy (non-hydrogen) atoms. The first-order valence-electron chi connectivity index (χ1n) is 7.74. The van der Waals surface area contributed by atoms with Crippen LogP contribution in [0.2, 0.25) is 0 Å². The van der Waals surface area contributed by atoms with E-state index in [-0.39, 0.29) is 16.7 Å². The van der Waals surface area contributed by atoms with E-state index in [1.807, 2.05) is 24.3 Å². The first-order chi connectivity index (χ1) is 11.0. The Morgan fingerprint density at radius 2 is 2.00 bits per heavy atom. The van der Waals surface area contributed by atoms with E-state index in [1.165, 1.54) is 7.05 Å². The highest BCUT2D eigenvalue weighted by Gasteiger charge is 2.29. The summed E-state index contributed by atoms with van der Waals surface area (Å²) in [5.74, 6) is 0.332. The minimum absolute atomic E-state index is 0.128. The van der Waals surface area contributed by atoms with Gasteiger partial charge < -0.3 is 5.32 Å². The third-order valence-electron chi connectivity index (χ3n) is 4.16. The quantitative estimate of drug-likeness (QED) is 0.847. The lowest BCUT2D eigenvalue weighted by Crippen LogP contribution is -2.27. The molecule has 0 atom stereocenters. The Hall–Kier alpha value is -1.92. The second-order valence-corrected chi connectivity index (χ2v) is 7.71. The number of benzene rings is 2. The molecule has 6 heteroatoms. The molecule has 0 aromatic heterocycles. The summed E-state index contributed by atoms with van der Waals surface area (Å²) >= 11 is 0. The molecule has 1 amide bonds. The molecule has 0 heterocycles. The van der Waals surface area contributed by atoms with Crippen molar-refractivity contribution in [1.82, 2.24) is 10.0 Å². The van der Waals surface area contributed by atoms with Gasteiger partial charge in [0.25, 0.3) is 0 Å². The van der Waals surface area contributed by atoms with Crippen LogP contribution in [0, 0.1) is 5.92 Å². The molecule has 5 nitrogen and oxygen atoms in total. The van der Waals surface area contributed by atoms with E-state index in [1.54, 1.807) is 12.1 Å². The van der Waals surface area contributed by atoms with E-state index >= 15 is 0 Å². The van der Waals surface area contributed by atoms with Gasteiger partial charge in [0.1, 0.15) is 0 Å². The normalized spacial score (nSPS) is 14.8. The largest absolute Gasteiger partial charge is 0.356 e. The Kier molecular flexibility index (Phi) is 4.37. The van der Waals surface area contributed by atoms with Crippen molar-refractivity contribution in [3.8, 4) is 0 Å². The summed E-state index contributed by atoms with van der Waals surface area (Å²) in [6.45, 7) is 0.567. The number of hydrogen-bond donors (Lipinski definition) is 2. The molecule has 0 spiro atoms. The predicted molar refractivity (Wildman–Crippen MR) is 89.6 cm³/mol. The van der Waals surface area contributed by atoms with Crippen molar-refractivity contribution < 1.29 is 13.2 Å². The average Bonchev–Trinajstić information content (AvgIpc) is 3.39. The summed E-state index contributed by atoms with van der Waals surface area (Å²) in [6.07, 6.45) is 2.66. The van der Waals surface area contributed by atoms with Crippen LogP contribution in [0.4, 0.5) is 0 Å². The molecule has 2 aromatic rings. The first-order valence-corrected chi connectivity index (χ1v) is 9.22. The molecule has 1 saturated carbocycles. The minimum Gasteiger partial charge on any atom is -0.356 e. The summed E-state index contributed by atoms with van der Waals surface area (Å²) in [7, 11) is -2.06. The Balaban J connectivity index is 1.84. The van der Waals surface area contributed by atoms with Crippen LogP contribution in [0.3, 0.4) is 0 Å². The first kappa shape index (κ1) is 16.0. The Morgan fingerprint density at radius 1 is 1.22 bits per heavy atom. The van der Waals surface area contributed by atoms with Gasteiger partial charge in [-0.05, 0) is 54.8 Å². The molecule has 0 unspecified atom stereocenters. The molecule has 122 valence electrons. The summed E-state index contributed by atoms with van der Waals surface area (Å²) in [4.78, 5) is 11.9. The van der Waals surface area contributed by atoms with Gasteiger partial charge in [-0.25, -0.2) is 13.1 Å². The van der Waals surface area contributed by atoms with Crippen LogP contribution in [-0.2, 0) is 21.2 Å². The van der Waals surface area contributed by atoms with Crippen LogP contribution in [0.1, 0.15) is 18.4 Å². The van der Waals surface area contributed by atoms with Crippen LogP contribution in [0.25, 0.3) is 10.8 Å². The highest BCUT2D eigenvalue weighted by atomic mass is 32.2. The zero-order valence-electron chi connectivity index (χ0n) is 13.0. The third kappa shape index (κ3) is 3.54. The second kappa shape index (κ2) is 6.29. The number of carbonyl (C=O) groups is 1. The zero-order chi connectivity index (χ0) is 16.4. The van der Waals surface area contributed by atoms with Crippen molar-refractivity contribution in [2.24, 2.45) is 5.92 Å². The van der Waals surface area contributed by atoms with Crippen LogP contribution in [0.15, 0.2) is 41.3 Å². The van der Waals surface area contributed by atoms with Crippen LogP contribution in [-0.4, -0.2) is 27.9 Å². The molecule has 1 aliphatic rings. The van der Waals surface area contributed by atoms with E-state index in [9.17, 15) is 13.2 Å². The number of rotatable bonds is 6. The number of amides is 1. The van der Waals surface area contributed by atoms with Crippen molar-refractivity contribution >= 4 is 26.7 Å². The fourth-order valence-corrected chi connectivity index (χ4v) is 3.39. The number of sulfonamides is 1. The lowest BCUT2D eigenvalue weighted by molar-refractivity contribution is -0.122. The lowest BCUT2D eigenvalue weighted by Gasteiger charge is -2.10. The summed E-state index contributed by atoms with van der Waals surface area (Å²) in [5.41, 5.74) is 1.03. The fraction of sp³-hybridized carbons (Fsp3) is 0.353. The topological polar surface area (TPSA) is 75.3 Å². The molecule has 0 bridgehead atoms. The number of carbonyl (C=O) groups excluding carboxylic acids is 1. The van der Waals surface area contributed by atoms with Gasteiger partial charge in [0, 0.05) is 12.5 Å². The maximum absolute atomic E-state index is 12.0. The maximum Gasteiger partial charge on any atom is 0.240 e. The number of hydrogen-bond acceptors (Lipinski definition) is 3. The molecule has 2 aromatic carbocycles. The summed E-state index contributed by atoms with van der Waals surface area (Å²) in [5, 5.41) is 4.84. The van der Waals surface area contributed by atoms with Crippen molar-refractivity contribution in [3.05, 3.63) is 42.0 Å². The highest BCUT2D eigenvalue weighted by molar-refractivity contribution is 7.89. The standard InChI is InChI=1S/C17H20N2O3S/c1-18-23(21,22)15-8-7-12-3-2-4-13(16(12)11-15)9-10-19-17(20)14-5-6-14/h2-4,7-8,11,14,18H,5-6,9-10H2,1H3,(H,19,20). The minimum atomic E-state index is -3.46. The molecule has 1 fully saturated rings. The summed E-state index contributed by atoms with van der Waals surface area (Å²) in [6, 6.07) is 11.0. The smallest absolute Gasteiger partial charge is 0.240 e. The lowest BCUT2D eigenvalue weighted by atomic mass is 10.0. The van der Waals surface area contributed by atoms with E-state index in [0.29, 0.717) is 13.0 Å². The van der Waals surface area contributed by atoms with Gasteiger partial charge >= 0.3 is 0 Å². The van der Waals surface area contributed by atoms with Crippen molar-refractivity contribution in [1.29, 1.82) is 0 Å². The van der Waals surface area contributed by atoms with Gasteiger partial charge in [0.05, 0.1) is 4.90 Å². The van der Waals surface area contributed by atoms with Crippen molar-refractivity contribution in [3.63, 3.8) is 0 Å². The van der Waals surface area contributed by atoms with Crippen molar-refractivity contribution in [2.75, 3.05) is 13.6 Å². The predicted octanol–water partition coefficient (Wildman–Crippen LogP) is 1.82. The molecular weight excluding hydrogens is 312 g/mol. The second-order valence-electron chi connectivity index (χ2n) is 5.82. The van der Waals surface area contributed by atoms with Gasteiger partial charge in [-0.3, -0.25) is 4.79 Å². The van der Waals surface area contributed by atoms with Crippen molar-refractivity contribution in [2.45, 2.75) is 24.2 Å². The zero-order valence-corrected chi connectivity index (χ0v) is 13.8. The van der Waals surface area contributed by atoms with Gasteiger partial charge in [-0.2, -0.15) is 0 Å². The SMILES string of the molecule is CNS(=O)(=O)c1ccc2cccc(CCNC(=O)C3CC3)c2c1. The van der Waals surface area contributed by atoms with Crippen LogP contribution < -0.4 is 10.0 Å². The molecular formula is C17H20N2O3S.